The maximum absolute atomic E-state index is 12.6. The minimum absolute atomic E-state index is 0.119. The van der Waals surface area contributed by atoms with Gasteiger partial charge in [-0.05, 0) is 17.5 Å². The molecule has 1 heterocycles. The van der Waals surface area contributed by atoms with E-state index in [0.29, 0.717) is 16.7 Å². The molecule has 1 aromatic heterocycles. The smallest absolute Gasteiger partial charge is 0.195 e. The summed E-state index contributed by atoms with van der Waals surface area (Å²) in [4.78, 5) is 16.7. The Balaban J connectivity index is 2.16. The first kappa shape index (κ1) is 12.1. The Labute approximate surface area is 116 Å². The van der Waals surface area contributed by atoms with Crippen LogP contribution >= 0.6 is 0 Å². The highest BCUT2D eigenvalue weighted by Crippen LogP contribution is 2.20. The molecule has 0 atom stereocenters. The van der Waals surface area contributed by atoms with Crippen molar-refractivity contribution in [3.05, 3.63) is 77.6 Å². The van der Waals surface area contributed by atoms with Crippen LogP contribution < -0.4 is 0 Å². The molecule has 0 unspecified atom stereocenters. The second-order valence-electron chi connectivity index (χ2n) is 4.43. The number of pyridine rings is 1. The van der Waals surface area contributed by atoms with E-state index in [4.69, 9.17) is 5.26 Å². The third-order valence-electron chi connectivity index (χ3n) is 3.17. The van der Waals surface area contributed by atoms with Gasteiger partial charge in [0.05, 0.1) is 11.6 Å². The maximum atomic E-state index is 12.6. The minimum Gasteiger partial charge on any atom is -0.289 e. The predicted molar refractivity (Wildman–Crippen MR) is 76.3 cm³/mol. The summed E-state index contributed by atoms with van der Waals surface area (Å²) in [6.07, 6.45) is 3.31. The molecule has 3 aromatic rings. The molecule has 0 spiro atoms. The summed E-state index contributed by atoms with van der Waals surface area (Å²) in [6.45, 7) is 0. The molecule has 20 heavy (non-hydrogen) atoms. The van der Waals surface area contributed by atoms with E-state index in [1.807, 2.05) is 30.3 Å². The van der Waals surface area contributed by atoms with Crippen LogP contribution in [0.25, 0.3) is 10.8 Å². The fraction of sp³-hybridized carbons (Fsp3) is 0. The summed E-state index contributed by atoms with van der Waals surface area (Å²) in [5.74, 6) is -0.119. The number of hydrogen-bond acceptors (Lipinski definition) is 3. The normalized spacial score (nSPS) is 10.2. The Morgan fingerprint density at radius 2 is 1.90 bits per heavy atom. The molecule has 0 saturated carbocycles. The monoisotopic (exact) mass is 258 g/mol. The Bertz CT molecular complexity index is 841. The van der Waals surface area contributed by atoms with E-state index >= 15 is 0 Å². The van der Waals surface area contributed by atoms with Crippen LogP contribution in [0.3, 0.4) is 0 Å². The number of carbonyl (C=O) groups excluding carboxylic acids is 1. The van der Waals surface area contributed by atoms with Crippen LogP contribution in [0.4, 0.5) is 0 Å². The van der Waals surface area contributed by atoms with Crippen molar-refractivity contribution in [3.63, 3.8) is 0 Å². The van der Waals surface area contributed by atoms with Crippen molar-refractivity contribution in [1.29, 1.82) is 5.26 Å². The van der Waals surface area contributed by atoms with Crippen LogP contribution in [0, 0.1) is 11.3 Å². The highest BCUT2D eigenvalue weighted by molar-refractivity contribution is 6.16. The van der Waals surface area contributed by atoms with Gasteiger partial charge < -0.3 is 0 Å². The number of fused-ring (bicyclic) bond motifs is 1. The Hall–Kier alpha value is -2.99. The molecule has 0 fully saturated rings. The van der Waals surface area contributed by atoms with Gasteiger partial charge in [0.2, 0.25) is 0 Å². The van der Waals surface area contributed by atoms with Crippen LogP contribution in [0.5, 0.6) is 0 Å². The first-order valence-electron chi connectivity index (χ1n) is 6.17. The van der Waals surface area contributed by atoms with Gasteiger partial charge in [-0.25, -0.2) is 0 Å². The van der Waals surface area contributed by atoms with Gasteiger partial charge in [-0.3, -0.25) is 9.78 Å². The SMILES string of the molecule is N#Cc1cccc(C(=O)c2cncc3ccccc23)c1. The first-order valence-corrected chi connectivity index (χ1v) is 6.17. The molecule has 0 aliphatic heterocycles. The van der Waals surface area contributed by atoms with Gasteiger partial charge in [0, 0.05) is 28.9 Å². The summed E-state index contributed by atoms with van der Waals surface area (Å²) in [6, 6.07) is 16.4. The average Bonchev–Trinajstić information content (AvgIpc) is 2.53. The number of ketones is 1. The lowest BCUT2D eigenvalue weighted by atomic mass is 9.98. The van der Waals surface area contributed by atoms with E-state index < -0.39 is 0 Å². The van der Waals surface area contributed by atoms with E-state index in [0.717, 1.165) is 10.8 Å². The van der Waals surface area contributed by atoms with Crippen LogP contribution in [0.1, 0.15) is 21.5 Å². The van der Waals surface area contributed by atoms with E-state index in [2.05, 4.69) is 4.98 Å². The lowest BCUT2D eigenvalue weighted by molar-refractivity contribution is 0.104. The quantitative estimate of drug-likeness (QED) is 0.662. The van der Waals surface area contributed by atoms with Gasteiger partial charge in [-0.1, -0.05) is 36.4 Å². The average molecular weight is 258 g/mol. The molecule has 0 aliphatic carbocycles. The zero-order valence-corrected chi connectivity index (χ0v) is 10.6. The van der Waals surface area contributed by atoms with Gasteiger partial charge in [0.15, 0.2) is 5.78 Å². The molecule has 3 nitrogen and oxygen atoms in total. The van der Waals surface area contributed by atoms with Crippen molar-refractivity contribution in [1.82, 2.24) is 4.98 Å². The first-order chi connectivity index (χ1) is 9.79. The summed E-state index contributed by atoms with van der Waals surface area (Å²) in [5, 5.41) is 10.7. The number of nitriles is 1. The number of hydrogen-bond donors (Lipinski definition) is 0. The molecule has 2 aromatic carbocycles. The highest BCUT2D eigenvalue weighted by Gasteiger charge is 2.13. The third kappa shape index (κ3) is 2.04. The molecule has 0 saturated heterocycles. The molecule has 94 valence electrons. The van der Waals surface area contributed by atoms with Gasteiger partial charge in [-0.2, -0.15) is 5.26 Å². The molecular formula is C17H10N2O. The molecule has 0 N–H and O–H groups in total. The second kappa shape index (κ2) is 4.94. The maximum Gasteiger partial charge on any atom is 0.195 e. The third-order valence-corrected chi connectivity index (χ3v) is 3.17. The fourth-order valence-electron chi connectivity index (χ4n) is 2.18. The van der Waals surface area contributed by atoms with E-state index in [-0.39, 0.29) is 5.78 Å². The minimum atomic E-state index is -0.119. The Morgan fingerprint density at radius 1 is 1.05 bits per heavy atom. The number of benzene rings is 2. The summed E-state index contributed by atoms with van der Waals surface area (Å²) in [5.41, 5.74) is 1.53. The van der Waals surface area contributed by atoms with E-state index in [9.17, 15) is 4.79 Å². The van der Waals surface area contributed by atoms with Gasteiger partial charge >= 0.3 is 0 Å². The van der Waals surface area contributed by atoms with Crippen LogP contribution in [-0.4, -0.2) is 10.8 Å². The van der Waals surface area contributed by atoms with Crippen LogP contribution in [0.2, 0.25) is 0 Å². The van der Waals surface area contributed by atoms with Crippen molar-refractivity contribution in [2.45, 2.75) is 0 Å². The van der Waals surface area contributed by atoms with E-state index in [1.54, 1.807) is 36.7 Å². The summed E-state index contributed by atoms with van der Waals surface area (Å²) >= 11 is 0. The van der Waals surface area contributed by atoms with Crippen LogP contribution in [0.15, 0.2) is 60.9 Å². The van der Waals surface area contributed by atoms with E-state index in [1.165, 1.54) is 0 Å². The largest absolute Gasteiger partial charge is 0.289 e. The zero-order valence-electron chi connectivity index (χ0n) is 10.6. The lowest BCUT2D eigenvalue weighted by Crippen LogP contribution is -2.03. The second-order valence-corrected chi connectivity index (χ2v) is 4.43. The summed E-state index contributed by atoms with van der Waals surface area (Å²) in [7, 11) is 0. The lowest BCUT2D eigenvalue weighted by Gasteiger charge is -2.05. The van der Waals surface area contributed by atoms with Gasteiger partial charge in [0.25, 0.3) is 0 Å². The zero-order chi connectivity index (χ0) is 13.9. The summed E-state index contributed by atoms with van der Waals surface area (Å²) < 4.78 is 0. The Kier molecular flexibility index (Phi) is 2.98. The number of aromatic nitrogens is 1. The molecule has 0 aliphatic rings. The number of rotatable bonds is 2. The highest BCUT2D eigenvalue weighted by atomic mass is 16.1. The van der Waals surface area contributed by atoms with Crippen molar-refractivity contribution < 1.29 is 4.79 Å². The standard InChI is InChI=1S/C17H10N2O/c18-9-12-4-3-6-13(8-12)17(20)16-11-19-10-14-5-1-2-7-15(14)16/h1-8,10-11H. The molecule has 0 radical (unpaired) electrons. The molecule has 0 bridgehead atoms. The fourth-order valence-corrected chi connectivity index (χ4v) is 2.18. The topological polar surface area (TPSA) is 53.8 Å². The molecule has 3 rings (SSSR count). The van der Waals surface area contributed by atoms with Crippen LogP contribution in [-0.2, 0) is 0 Å². The van der Waals surface area contributed by atoms with Crippen molar-refractivity contribution in [2.75, 3.05) is 0 Å². The predicted octanol–water partition coefficient (Wildman–Crippen LogP) is 3.34. The molecule has 3 heteroatoms. The molecule has 0 amide bonds. The van der Waals surface area contributed by atoms with Gasteiger partial charge in [-0.15, -0.1) is 0 Å². The van der Waals surface area contributed by atoms with Gasteiger partial charge in [0.1, 0.15) is 0 Å². The Morgan fingerprint density at radius 3 is 2.75 bits per heavy atom. The number of carbonyl (C=O) groups is 1. The molecular weight excluding hydrogens is 248 g/mol. The number of nitrogens with zero attached hydrogens (tertiary/aromatic N) is 2. The van der Waals surface area contributed by atoms with Crippen molar-refractivity contribution in [3.8, 4) is 6.07 Å². The van der Waals surface area contributed by atoms with Crippen molar-refractivity contribution >= 4 is 16.6 Å². The van der Waals surface area contributed by atoms with Crippen molar-refractivity contribution in [2.24, 2.45) is 0 Å².